The van der Waals surface area contributed by atoms with Crippen molar-refractivity contribution in [2.75, 3.05) is 6.54 Å². The van der Waals surface area contributed by atoms with Crippen LogP contribution >= 0.6 is 0 Å². The van der Waals surface area contributed by atoms with Crippen LogP contribution in [-0.2, 0) is 13.0 Å². The Bertz CT molecular complexity index is 440. The maximum Gasteiger partial charge on any atom is 0.389 e. The molecule has 1 aromatic rings. The average Bonchev–Trinajstić information content (AvgIpc) is 2.70. The van der Waals surface area contributed by atoms with Crippen LogP contribution in [0, 0.1) is 0 Å². The van der Waals surface area contributed by atoms with Crippen LogP contribution in [0.15, 0.2) is 4.52 Å². The molecule has 4 nitrogen and oxygen atoms in total. The van der Waals surface area contributed by atoms with Crippen LogP contribution in [0.5, 0.6) is 0 Å². The summed E-state index contributed by atoms with van der Waals surface area (Å²) in [6.07, 6.45) is -4.88. The second kappa shape index (κ2) is 5.09. The lowest BCUT2D eigenvalue weighted by Gasteiger charge is -2.10. The molecule has 0 aliphatic carbocycles. The topological polar surface area (TPSA) is 55.1 Å². The third-order valence-electron chi connectivity index (χ3n) is 2.83. The fraction of sp³-hybridized carbons (Fsp3) is 0.636. The number of carbonyl (C=O) groups is 1. The molecule has 0 amide bonds. The number of ketones is 1. The molecule has 0 saturated carbocycles. The second-order valence-electron chi connectivity index (χ2n) is 4.25. The highest BCUT2D eigenvalue weighted by Gasteiger charge is 2.28. The number of nitrogens with zero attached hydrogens (tertiary/aromatic N) is 1. The predicted molar refractivity (Wildman–Crippen MR) is 56.2 cm³/mol. The molecule has 0 radical (unpaired) electrons. The molecule has 18 heavy (non-hydrogen) atoms. The van der Waals surface area contributed by atoms with Crippen molar-refractivity contribution in [3.8, 4) is 0 Å². The van der Waals surface area contributed by atoms with Gasteiger partial charge in [0.15, 0.2) is 11.5 Å². The van der Waals surface area contributed by atoms with Gasteiger partial charge in [-0.15, -0.1) is 0 Å². The molecule has 2 rings (SSSR count). The number of Topliss-reactive ketones (excluding diaryl/α,β-unsaturated/α-hetero) is 1. The van der Waals surface area contributed by atoms with E-state index >= 15 is 0 Å². The van der Waals surface area contributed by atoms with E-state index in [9.17, 15) is 18.0 Å². The summed E-state index contributed by atoms with van der Waals surface area (Å²) in [7, 11) is 0. The van der Waals surface area contributed by atoms with Gasteiger partial charge in [0.25, 0.3) is 0 Å². The summed E-state index contributed by atoms with van der Waals surface area (Å²) in [6.45, 7) is 1.24. The van der Waals surface area contributed by atoms with Gasteiger partial charge in [0.05, 0.1) is 0 Å². The maximum absolute atomic E-state index is 12.0. The lowest BCUT2D eigenvalue weighted by Crippen LogP contribution is -2.24. The van der Waals surface area contributed by atoms with Crippen LogP contribution in [0.3, 0.4) is 0 Å². The first-order chi connectivity index (χ1) is 8.47. The van der Waals surface area contributed by atoms with Gasteiger partial charge in [-0.05, 0) is 6.42 Å². The molecule has 1 aromatic heterocycles. The van der Waals surface area contributed by atoms with Crippen molar-refractivity contribution in [3.63, 3.8) is 0 Å². The molecule has 0 spiro atoms. The number of nitrogens with one attached hydrogen (secondary N) is 1. The molecule has 2 heterocycles. The standard InChI is InChI=1S/C11H13F3N2O2/c12-11(13,14)4-1-2-8(17)10-7-6-15-5-3-9(7)18-16-10/h15H,1-6H2. The summed E-state index contributed by atoms with van der Waals surface area (Å²) in [5.74, 6) is 0.279. The molecule has 0 atom stereocenters. The van der Waals surface area contributed by atoms with E-state index in [1.807, 2.05) is 0 Å². The van der Waals surface area contributed by atoms with Gasteiger partial charge in [-0.1, -0.05) is 5.16 Å². The third kappa shape index (κ3) is 3.10. The van der Waals surface area contributed by atoms with Crippen molar-refractivity contribution in [1.82, 2.24) is 10.5 Å². The quantitative estimate of drug-likeness (QED) is 0.845. The van der Waals surface area contributed by atoms with Crippen molar-refractivity contribution in [3.05, 3.63) is 17.0 Å². The normalized spacial score (nSPS) is 15.5. The Balaban J connectivity index is 1.95. The van der Waals surface area contributed by atoms with Crippen LogP contribution in [-0.4, -0.2) is 23.7 Å². The van der Waals surface area contributed by atoms with E-state index in [0.717, 1.165) is 6.54 Å². The number of rotatable bonds is 4. The van der Waals surface area contributed by atoms with Crippen LogP contribution in [0.1, 0.15) is 41.1 Å². The van der Waals surface area contributed by atoms with Crippen LogP contribution in [0.25, 0.3) is 0 Å². The Labute approximate surface area is 102 Å². The van der Waals surface area contributed by atoms with Gasteiger partial charge in [0, 0.05) is 37.9 Å². The van der Waals surface area contributed by atoms with Gasteiger partial charge in [-0.25, -0.2) is 0 Å². The van der Waals surface area contributed by atoms with Crippen molar-refractivity contribution >= 4 is 5.78 Å². The summed E-state index contributed by atoms with van der Waals surface area (Å²) in [5.41, 5.74) is 0.873. The molecule has 0 bridgehead atoms. The molecule has 0 saturated heterocycles. The molecular formula is C11H13F3N2O2. The van der Waals surface area contributed by atoms with Gasteiger partial charge >= 0.3 is 6.18 Å². The smallest absolute Gasteiger partial charge is 0.360 e. The predicted octanol–water partition coefficient (Wildman–Crippen LogP) is 2.24. The first-order valence-corrected chi connectivity index (χ1v) is 5.75. The largest absolute Gasteiger partial charge is 0.389 e. The summed E-state index contributed by atoms with van der Waals surface area (Å²) in [5, 5.41) is 6.74. The minimum Gasteiger partial charge on any atom is -0.360 e. The molecule has 0 fully saturated rings. The summed E-state index contributed by atoms with van der Waals surface area (Å²) < 4.78 is 40.9. The highest BCUT2D eigenvalue weighted by Crippen LogP contribution is 2.24. The van der Waals surface area contributed by atoms with Crippen LogP contribution in [0.4, 0.5) is 13.2 Å². The monoisotopic (exact) mass is 262 g/mol. The SMILES string of the molecule is O=C(CCCC(F)(F)F)c1noc2c1CNCC2. The number of alkyl halides is 3. The van der Waals surface area contributed by atoms with Gasteiger partial charge in [0.1, 0.15) is 5.76 Å². The minimum atomic E-state index is -4.22. The fourth-order valence-corrected chi connectivity index (χ4v) is 1.92. The van der Waals surface area contributed by atoms with E-state index in [-0.39, 0.29) is 24.3 Å². The zero-order valence-electron chi connectivity index (χ0n) is 9.64. The second-order valence-corrected chi connectivity index (χ2v) is 4.25. The van der Waals surface area contributed by atoms with Crippen molar-refractivity contribution < 1.29 is 22.5 Å². The third-order valence-corrected chi connectivity index (χ3v) is 2.83. The van der Waals surface area contributed by atoms with E-state index in [0.29, 0.717) is 24.3 Å². The van der Waals surface area contributed by atoms with Crippen LogP contribution < -0.4 is 5.32 Å². The Morgan fingerprint density at radius 3 is 2.94 bits per heavy atom. The van der Waals surface area contributed by atoms with Crippen LogP contribution in [0.2, 0.25) is 0 Å². The zero-order chi connectivity index (χ0) is 13.2. The number of hydrogen-bond acceptors (Lipinski definition) is 4. The van der Waals surface area contributed by atoms with Gasteiger partial charge < -0.3 is 9.84 Å². The van der Waals surface area contributed by atoms with Gasteiger partial charge in [0.2, 0.25) is 0 Å². The Kier molecular flexibility index (Phi) is 3.70. The fourth-order valence-electron chi connectivity index (χ4n) is 1.92. The van der Waals surface area contributed by atoms with Crippen molar-refractivity contribution in [2.24, 2.45) is 0 Å². The molecule has 100 valence electrons. The van der Waals surface area contributed by atoms with E-state index in [2.05, 4.69) is 10.5 Å². The number of hydrogen-bond donors (Lipinski definition) is 1. The Morgan fingerprint density at radius 2 is 2.22 bits per heavy atom. The highest BCUT2D eigenvalue weighted by atomic mass is 19.4. The van der Waals surface area contributed by atoms with E-state index in [1.165, 1.54) is 0 Å². The number of carbonyl (C=O) groups excluding carboxylic acids is 1. The Hall–Kier alpha value is -1.37. The van der Waals surface area contributed by atoms with Crippen molar-refractivity contribution in [2.45, 2.75) is 38.4 Å². The highest BCUT2D eigenvalue weighted by molar-refractivity contribution is 5.95. The van der Waals surface area contributed by atoms with E-state index in [1.54, 1.807) is 0 Å². The first kappa shape index (κ1) is 13.1. The summed E-state index contributed by atoms with van der Waals surface area (Å²) in [6, 6.07) is 0. The average molecular weight is 262 g/mol. The summed E-state index contributed by atoms with van der Waals surface area (Å²) >= 11 is 0. The maximum atomic E-state index is 12.0. The lowest BCUT2D eigenvalue weighted by atomic mass is 10.0. The molecule has 7 heteroatoms. The first-order valence-electron chi connectivity index (χ1n) is 5.75. The number of fused-ring (bicyclic) bond motifs is 1. The zero-order valence-corrected chi connectivity index (χ0v) is 9.64. The molecule has 1 N–H and O–H groups in total. The van der Waals surface area contributed by atoms with Crippen molar-refractivity contribution in [1.29, 1.82) is 0 Å². The molecule has 1 aliphatic heterocycles. The molecule has 0 aromatic carbocycles. The van der Waals surface area contributed by atoms with Gasteiger partial charge in [-0.2, -0.15) is 13.2 Å². The Morgan fingerprint density at radius 1 is 1.44 bits per heavy atom. The molecule has 0 unspecified atom stereocenters. The van der Waals surface area contributed by atoms with E-state index < -0.39 is 12.6 Å². The van der Waals surface area contributed by atoms with E-state index in [4.69, 9.17) is 4.52 Å². The molecular weight excluding hydrogens is 249 g/mol. The summed E-state index contributed by atoms with van der Waals surface area (Å²) in [4.78, 5) is 11.7. The van der Waals surface area contributed by atoms with Gasteiger partial charge in [-0.3, -0.25) is 4.79 Å². The minimum absolute atomic E-state index is 0.154. The number of halogens is 3. The lowest BCUT2D eigenvalue weighted by molar-refractivity contribution is -0.135. The molecule has 1 aliphatic rings. The number of aromatic nitrogens is 1.